The molecule has 2 heteroatoms. The van der Waals surface area contributed by atoms with E-state index >= 15 is 0 Å². The molecule has 1 aliphatic rings. The summed E-state index contributed by atoms with van der Waals surface area (Å²) in [5.41, 5.74) is 1.21. The lowest BCUT2D eigenvalue weighted by Gasteiger charge is -2.16. The third kappa shape index (κ3) is 2.04. The summed E-state index contributed by atoms with van der Waals surface area (Å²) in [5.74, 6) is 0.973. The summed E-state index contributed by atoms with van der Waals surface area (Å²) in [4.78, 5) is 13.8. The molecule has 0 aromatic heterocycles. The van der Waals surface area contributed by atoms with Crippen molar-refractivity contribution < 1.29 is 4.79 Å². The van der Waals surface area contributed by atoms with Gasteiger partial charge in [-0.3, -0.25) is 4.79 Å². The Morgan fingerprint density at radius 1 is 1.27 bits per heavy atom. The van der Waals surface area contributed by atoms with Crippen molar-refractivity contribution in [1.82, 2.24) is 4.90 Å². The summed E-state index contributed by atoms with van der Waals surface area (Å²) in [6.07, 6.45) is 0. The molecular formula is C13H17NO. The molecule has 0 spiro atoms. The molecule has 1 saturated heterocycles. The first kappa shape index (κ1) is 10.2. The Labute approximate surface area is 90.9 Å². The van der Waals surface area contributed by atoms with Crippen molar-refractivity contribution in [2.75, 3.05) is 6.54 Å². The van der Waals surface area contributed by atoms with E-state index in [1.807, 2.05) is 30.0 Å². The van der Waals surface area contributed by atoms with E-state index in [-0.39, 0.29) is 5.92 Å². The third-order valence-electron chi connectivity index (χ3n) is 3.28. The van der Waals surface area contributed by atoms with E-state index in [4.69, 9.17) is 0 Å². The SMILES string of the molecule is C[C@@H]1CN(Cc2ccccc2)C(=O)[C@H]1C. The molecule has 1 amide bonds. The zero-order valence-electron chi connectivity index (χ0n) is 9.31. The monoisotopic (exact) mass is 203 g/mol. The minimum atomic E-state index is 0.189. The predicted molar refractivity (Wildman–Crippen MR) is 60.2 cm³/mol. The van der Waals surface area contributed by atoms with Gasteiger partial charge >= 0.3 is 0 Å². The van der Waals surface area contributed by atoms with Crippen LogP contribution in [0.4, 0.5) is 0 Å². The molecular weight excluding hydrogens is 186 g/mol. The van der Waals surface area contributed by atoms with Gasteiger partial charge in [0.1, 0.15) is 0 Å². The van der Waals surface area contributed by atoms with Gasteiger partial charge in [-0.25, -0.2) is 0 Å². The van der Waals surface area contributed by atoms with E-state index < -0.39 is 0 Å². The van der Waals surface area contributed by atoms with Gasteiger partial charge in [0.25, 0.3) is 0 Å². The molecule has 1 heterocycles. The van der Waals surface area contributed by atoms with E-state index in [2.05, 4.69) is 19.1 Å². The van der Waals surface area contributed by atoms with Gasteiger partial charge in [0.15, 0.2) is 0 Å². The lowest BCUT2D eigenvalue weighted by molar-refractivity contribution is -0.131. The van der Waals surface area contributed by atoms with Crippen LogP contribution in [0.15, 0.2) is 30.3 Å². The minimum Gasteiger partial charge on any atom is -0.338 e. The average Bonchev–Trinajstić information content (AvgIpc) is 2.48. The van der Waals surface area contributed by atoms with Crippen molar-refractivity contribution in [1.29, 1.82) is 0 Å². The van der Waals surface area contributed by atoms with E-state index in [0.29, 0.717) is 11.8 Å². The van der Waals surface area contributed by atoms with Gasteiger partial charge < -0.3 is 4.90 Å². The molecule has 2 rings (SSSR count). The number of carbonyl (C=O) groups excluding carboxylic acids is 1. The van der Waals surface area contributed by atoms with Crippen molar-refractivity contribution in [2.24, 2.45) is 11.8 Å². The van der Waals surface area contributed by atoms with Crippen molar-refractivity contribution in [3.05, 3.63) is 35.9 Å². The first-order valence-corrected chi connectivity index (χ1v) is 5.51. The number of hydrogen-bond acceptors (Lipinski definition) is 1. The van der Waals surface area contributed by atoms with E-state index in [1.54, 1.807) is 0 Å². The fourth-order valence-electron chi connectivity index (χ4n) is 2.07. The van der Waals surface area contributed by atoms with Crippen LogP contribution in [0.5, 0.6) is 0 Å². The van der Waals surface area contributed by atoms with Gasteiger partial charge in [-0.15, -0.1) is 0 Å². The predicted octanol–water partition coefficient (Wildman–Crippen LogP) is 2.30. The Balaban J connectivity index is 2.05. The zero-order valence-corrected chi connectivity index (χ0v) is 9.31. The summed E-state index contributed by atoms with van der Waals surface area (Å²) in [5, 5.41) is 0. The quantitative estimate of drug-likeness (QED) is 0.722. The maximum Gasteiger partial charge on any atom is 0.226 e. The number of hydrogen-bond donors (Lipinski definition) is 0. The molecule has 1 fully saturated rings. The normalized spacial score (nSPS) is 26.0. The average molecular weight is 203 g/mol. The summed E-state index contributed by atoms with van der Waals surface area (Å²) >= 11 is 0. The second kappa shape index (κ2) is 4.05. The number of benzene rings is 1. The smallest absolute Gasteiger partial charge is 0.226 e. The van der Waals surface area contributed by atoms with Gasteiger partial charge in [0.05, 0.1) is 0 Å². The molecule has 0 N–H and O–H groups in total. The maximum absolute atomic E-state index is 11.8. The molecule has 0 saturated carbocycles. The highest BCUT2D eigenvalue weighted by Gasteiger charge is 2.33. The first-order chi connectivity index (χ1) is 7.18. The van der Waals surface area contributed by atoms with E-state index in [1.165, 1.54) is 5.56 Å². The molecule has 0 radical (unpaired) electrons. The molecule has 2 atom stereocenters. The van der Waals surface area contributed by atoms with Crippen LogP contribution >= 0.6 is 0 Å². The van der Waals surface area contributed by atoms with Crippen LogP contribution in [0.3, 0.4) is 0 Å². The molecule has 1 aromatic rings. The van der Waals surface area contributed by atoms with Crippen molar-refractivity contribution >= 4 is 5.91 Å². The molecule has 0 unspecified atom stereocenters. The molecule has 0 bridgehead atoms. The van der Waals surface area contributed by atoms with Crippen LogP contribution in [0.1, 0.15) is 19.4 Å². The lowest BCUT2D eigenvalue weighted by atomic mass is 10.0. The standard InChI is InChI=1S/C13H17NO/c1-10-8-14(13(15)11(10)2)9-12-6-4-3-5-7-12/h3-7,10-11H,8-9H2,1-2H3/t10-,11+/m1/s1. The van der Waals surface area contributed by atoms with Gasteiger partial charge in [0.2, 0.25) is 5.91 Å². The number of rotatable bonds is 2. The van der Waals surface area contributed by atoms with Crippen molar-refractivity contribution in [3.8, 4) is 0 Å². The maximum atomic E-state index is 11.8. The minimum absolute atomic E-state index is 0.189. The highest BCUT2D eigenvalue weighted by molar-refractivity contribution is 5.80. The van der Waals surface area contributed by atoms with Crippen molar-refractivity contribution in [2.45, 2.75) is 20.4 Å². The molecule has 80 valence electrons. The Kier molecular flexibility index (Phi) is 2.76. The van der Waals surface area contributed by atoms with E-state index in [0.717, 1.165) is 13.1 Å². The number of likely N-dealkylation sites (tertiary alicyclic amines) is 1. The van der Waals surface area contributed by atoms with Crippen molar-refractivity contribution in [3.63, 3.8) is 0 Å². The molecule has 15 heavy (non-hydrogen) atoms. The van der Waals surface area contributed by atoms with Crippen LogP contribution < -0.4 is 0 Å². The zero-order chi connectivity index (χ0) is 10.8. The van der Waals surface area contributed by atoms with Gasteiger partial charge in [0, 0.05) is 19.0 Å². The van der Waals surface area contributed by atoms with E-state index in [9.17, 15) is 4.79 Å². The number of nitrogens with zero attached hydrogens (tertiary/aromatic N) is 1. The van der Waals surface area contributed by atoms with Crippen LogP contribution in [-0.4, -0.2) is 17.4 Å². The molecule has 2 nitrogen and oxygen atoms in total. The number of amides is 1. The lowest BCUT2D eigenvalue weighted by Crippen LogP contribution is -2.26. The fourth-order valence-corrected chi connectivity index (χ4v) is 2.07. The molecule has 1 aliphatic heterocycles. The van der Waals surface area contributed by atoms with Gasteiger partial charge in [-0.05, 0) is 11.5 Å². The Morgan fingerprint density at radius 3 is 2.47 bits per heavy atom. The van der Waals surface area contributed by atoms with Crippen LogP contribution in [0.25, 0.3) is 0 Å². The first-order valence-electron chi connectivity index (χ1n) is 5.51. The summed E-state index contributed by atoms with van der Waals surface area (Å²) in [6, 6.07) is 10.2. The topological polar surface area (TPSA) is 20.3 Å². The third-order valence-corrected chi connectivity index (χ3v) is 3.28. The van der Waals surface area contributed by atoms with Crippen LogP contribution in [-0.2, 0) is 11.3 Å². The Morgan fingerprint density at radius 2 is 1.93 bits per heavy atom. The summed E-state index contributed by atoms with van der Waals surface area (Å²) < 4.78 is 0. The summed E-state index contributed by atoms with van der Waals surface area (Å²) in [7, 11) is 0. The fraction of sp³-hybridized carbons (Fsp3) is 0.462. The number of carbonyl (C=O) groups is 1. The second-order valence-electron chi connectivity index (χ2n) is 4.47. The Hall–Kier alpha value is -1.31. The summed E-state index contributed by atoms with van der Waals surface area (Å²) in [6.45, 7) is 5.83. The highest BCUT2D eigenvalue weighted by Crippen LogP contribution is 2.25. The largest absolute Gasteiger partial charge is 0.338 e. The second-order valence-corrected chi connectivity index (χ2v) is 4.47. The molecule has 1 aromatic carbocycles. The van der Waals surface area contributed by atoms with Gasteiger partial charge in [-0.1, -0.05) is 44.2 Å². The Bertz CT molecular complexity index is 347. The van der Waals surface area contributed by atoms with Crippen LogP contribution in [0, 0.1) is 11.8 Å². The van der Waals surface area contributed by atoms with Crippen LogP contribution in [0.2, 0.25) is 0 Å². The highest BCUT2D eigenvalue weighted by atomic mass is 16.2. The molecule has 0 aliphatic carbocycles. The van der Waals surface area contributed by atoms with Gasteiger partial charge in [-0.2, -0.15) is 0 Å².